The fourth-order valence-corrected chi connectivity index (χ4v) is 1.87. The van der Waals surface area contributed by atoms with Crippen molar-refractivity contribution in [2.45, 2.75) is 20.0 Å². The van der Waals surface area contributed by atoms with E-state index in [9.17, 15) is 9.59 Å². The van der Waals surface area contributed by atoms with E-state index in [0.717, 1.165) is 5.56 Å². The molecule has 1 aromatic carbocycles. The minimum atomic E-state index is -0.566. The lowest BCUT2D eigenvalue weighted by molar-refractivity contribution is 0.678. The SMILES string of the molecule is CC#CCn1ccn(Cc2ccc(Cl)cc2)c(=O)c1=O. The third-order valence-corrected chi connectivity index (χ3v) is 3.08. The van der Waals surface area contributed by atoms with Gasteiger partial charge < -0.3 is 4.57 Å². The Hall–Kier alpha value is -2.25. The minimum absolute atomic E-state index is 0.229. The second kappa shape index (κ2) is 6.27. The lowest BCUT2D eigenvalue weighted by atomic mass is 10.2. The molecule has 1 heterocycles. The number of nitrogens with zero attached hydrogens (tertiary/aromatic N) is 2. The summed E-state index contributed by atoms with van der Waals surface area (Å²) in [5.41, 5.74) is -0.216. The van der Waals surface area contributed by atoms with Gasteiger partial charge in [0.05, 0.1) is 13.1 Å². The standard InChI is InChI=1S/C15H13ClN2O2/c1-2-3-8-17-9-10-18(15(20)14(17)19)11-12-4-6-13(16)7-5-12/h4-7,9-10H,8,11H2,1H3. The molecule has 0 amide bonds. The summed E-state index contributed by atoms with van der Waals surface area (Å²) < 4.78 is 2.68. The van der Waals surface area contributed by atoms with E-state index in [1.807, 2.05) is 12.1 Å². The predicted octanol–water partition coefficient (Wildman–Crippen LogP) is 1.73. The van der Waals surface area contributed by atoms with Gasteiger partial charge in [0.2, 0.25) is 0 Å². The van der Waals surface area contributed by atoms with Crippen molar-refractivity contribution in [3.05, 3.63) is 68.0 Å². The molecular formula is C15H13ClN2O2. The highest BCUT2D eigenvalue weighted by Gasteiger charge is 2.04. The highest BCUT2D eigenvalue weighted by molar-refractivity contribution is 6.30. The molecular weight excluding hydrogens is 276 g/mol. The van der Waals surface area contributed by atoms with Crippen molar-refractivity contribution in [3.8, 4) is 11.8 Å². The number of benzene rings is 1. The van der Waals surface area contributed by atoms with Crippen molar-refractivity contribution in [1.29, 1.82) is 0 Å². The van der Waals surface area contributed by atoms with Crippen molar-refractivity contribution >= 4 is 11.6 Å². The zero-order valence-corrected chi connectivity index (χ0v) is 11.7. The van der Waals surface area contributed by atoms with Crippen LogP contribution >= 0.6 is 11.6 Å². The van der Waals surface area contributed by atoms with Crippen LogP contribution in [0.2, 0.25) is 5.02 Å². The third-order valence-electron chi connectivity index (χ3n) is 2.82. The van der Waals surface area contributed by atoms with Gasteiger partial charge in [-0.15, -0.1) is 5.92 Å². The van der Waals surface area contributed by atoms with E-state index < -0.39 is 11.1 Å². The summed E-state index contributed by atoms with van der Waals surface area (Å²) in [6.07, 6.45) is 3.17. The van der Waals surface area contributed by atoms with Gasteiger partial charge in [-0.2, -0.15) is 0 Å². The number of hydrogen-bond donors (Lipinski definition) is 0. The van der Waals surface area contributed by atoms with Gasteiger partial charge in [-0.05, 0) is 24.6 Å². The molecule has 4 nitrogen and oxygen atoms in total. The highest BCUT2D eigenvalue weighted by atomic mass is 35.5. The normalized spacial score (nSPS) is 9.90. The smallest absolute Gasteiger partial charge is 0.305 e. The topological polar surface area (TPSA) is 44.0 Å². The molecule has 0 N–H and O–H groups in total. The molecule has 0 aliphatic heterocycles. The van der Waals surface area contributed by atoms with E-state index in [1.54, 1.807) is 31.5 Å². The maximum atomic E-state index is 12.0. The lowest BCUT2D eigenvalue weighted by Crippen LogP contribution is -2.40. The first kappa shape index (κ1) is 14.2. The maximum absolute atomic E-state index is 12.0. The minimum Gasteiger partial charge on any atom is -0.305 e. The molecule has 0 unspecified atom stereocenters. The van der Waals surface area contributed by atoms with Crippen LogP contribution in [0.4, 0.5) is 0 Å². The first-order valence-electron chi connectivity index (χ1n) is 6.06. The van der Waals surface area contributed by atoms with Crippen molar-refractivity contribution in [1.82, 2.24) is 9.13 Å². The van der Waals surface area contributed by atoms with Gasteiger partial charge in [0.1, 0.15) is 0 Å². The van der Waals surface area contributed by atoms with Crippen LogP contribution in [0.5, 0.6) is 0 Å². The van der Waals surface area contributed by atoms with Crippen molar-refractivity contribution in [3.63, 3.8) is 0 Å². The van der Waals surface area contributed by atoms with Crippen LogP contribution in [0.15, 0.2) is 46.2 Å². The molecule has 5 heteroatoms. The molecule has 2 aromatic rings. The van der Waals surface area contributed by atoms with E-state index in [2.05, 4.69) is 11.8 Å². The Morgan fingerprint density at radius 2 is 1.65 bits per heavy atom. The van der Waals surface area contributed by atoms with Gasteiger partial charge >= 0.3 is 11.1 Å². The van der Waals surface area contributed by atoms with Crippen molar-refractivity contribution < 1.29 is 0 Å². The van der Waals surface area contributed by atoms with E-state index in [-0.39, 0.29) is 6.54 Å². The first-order valence-corrected chi connectivity index (χ1v) is 6.43. The highest BCUT2D eigenvalue weighted by Crippen LogP contribution is 2.09. The van der Waals surface area contributed by atoms with E-state index in [1.165, 1.54) is 9.13 Å². The van der Waals surface area contributed by atoms with Crippen LogP contribution in [-0.4, -0.2) is 9.13 Å². The Balaban J connectivity index is 2.31. The summed E-state index contributed by atoms with van der Waals surface area (Å²) in [5, 5.41) is 0.634. The van der Waals surface area contributed by atoms with Gasteiger partial charge in [0.15, 0.2) is 0 Å². The molecule has 0 bridgehead atoms. The molecule has 0 aliphatic carbocycles. The third kappa shape index (κ3) is 3.19. The summed E-state index contributed by atoms with van der Waals surface area (Å²) in [7, 11) is 0. The summed E-state index contributed by atoms with van der Waals surface area (Å²) in [5.74, 6) is 5.45. The molecule has 1 aromatic heterocycles. The Bertz CT molecular complexity index is 776. The van der Waals surface area contributed by atoms with Crippen LogP contribution < -0.4 is 11.1 Å². The Kier molecular flexibility index (Phi) is 4.44. The molecule has 0 aliphatic rings. The maximum Gasteiger partial charge on any atom is 0.317 e. The van der Waals surface area contributed by atoms with Gasteiger partial charge in [0, 0.05) is 17.4 Å². The molecule has 0 fully saturated rings. The zero-order valence-electron chi connectivity index (χ0n) is 11.0. The monoisotopic (exact) mass is 288 g/mol. The number of rotatable bonds is 3. The van der Waals surface area contributed by atoms with Crippen molar-refractivity contribution in [2.24, 2.45) is 0 Å². The fraction of sp³-hybridized carbons (Fsp3) is 0.200. The first-order chi connectivity index (χ1) is 9.61. The summed E-state index contributed by atoms with van der Waals surface area (Å²) in [4.78, 5) is 23.9. The quantitative estimate of drug-likeness (QED) is 0.638. The van der Waals surface area contributed by atoms with Gasteiger partial charge in [-0.1, -0.05) is 29.7 Å². The Morgan fingerprint density at radius 1 is 1.05 bits per heavy atom. The molecule has 0 saturated heterocycles. The van der Waals surface area contributed by atoms with E-state index >= 15 is 0 Å². The van der Waals surface area contributed by atoms with Crippen LogP contribution in [0.3, 0.4) is 0 Å². The zero-order chi connectivity index (χ0) is 14.5. The van der Waals surface area contributed by atoms with E-state index in [4.69, 9.17) is 11.6 Å². The second-order valence-corrected chi connectivity index (χ2v) is 4.65. The average Bonchev–Trinajstić information content (AvgIpc) is 2.45. The van der Waals surface area contributed by atoms with E-state index in [0.29, 0.717) is 11.6 Å². The molecule has 102 valence electrons. The number of hydrogen-bond acceptors (Lipinski definition) is 2. The molecule has 2 rings (SSSR count). The van der Waals surface area contributed by atoms with Gasteiger partial charge in [-0.25, -0.2) is 0 Å². The molecule has 20 heavy (non-hydrogen) atoms. The van der Waals surface area contributed by atoms with Gasteiger partial charge in [0.25, 0.3) is 0 Å². The molecule has 0 saturated carbocycles. The van der Waals surface area contributed by atoms with Crippen LogP contribution in [0.1, 0.15) is 12.5 Å². The second-order valence-electron chi connectivity index (χ2n) is 4.22. The predicted molar refractivity (Wildman–Crippen MR) is 79.0 cm³/mol. The van der Waals surface area contributed by atoms with Gasteiger partial charge in [-0.3, -0.25) is 14.2 Å². The molecule has 0 atom stereocenters. The molecule has 0 spiro atoms. The summed E-state index contributed by atoms with van der Waals surface area (Å²) in [6.45, 7) is 2.25. The summed E-state index contributed by atoms with van der Waals surface area (Å²) >= 11 is 5.81. The van der Waals surface area contributed by atoms with Crippen LogP contribution in [-0.2, 0) is 13.1 Å². The lowest BCUT2D eigenvalue weighted by Gasteiger charge is -2.07. The van der Waals surface area contributed by atoms with Crippen LogP contribution in [0, 0.1) is 11.8 Å². The molecule has 0 radical (unpaired) electrons. The number of halogens is 1. The van der Waals surface area contributed by atoms with Crippen molar-refractivity contribution in [2.75, 3.05) is 0 Å². The Labute approximate surface area is 121 Å². The fourth-order valence-electron chi connectivity index (χ4n) is 1.74. The summed E-state index contributed by atoms with van der Waals surface area (Å²) in [6, 6.07) is 7.14. The Morgan fingerprint density at radius 3 is 2.30 bits per heavy atom. The number of aromatic nitrogens is 2. The van der Waals surface area contributed by atoms with Crippen LogP contribution in [0.25, 0.3) is 0 Å². The average molecular weight is 289 g/mol. The largest absolute Gasteiger partial charge is 0.317 e.